The summed E-state index contributed by atoms with van der Waals surface area (Å²) in [7, 11) is 0. The molecule has 0 radical (unpaired) electrons. The minimum atomic E-state index is -0.474. The Morgan fingerprint density at radius 1 is 1.43 bits per heavy atom. The summed E-state index contributed by atoms with van der Waals surface area (Å²) in [5, 5.41) is 2.78. The number of imidazole rings is 1. The van der Waals surface area contributed by atoms with E-state index in [9.17, 15) is 4.79 Å². The molecule has 1 atom stereocenters. The van der Waals surface area contributed by atoms with Gasteiger partial charge in [-0.2, -0.15) is 0 Å². The van der Waals surface area contributed by atoms with E-state index in [1.807, 2.05) is 27.1 Å². The summed E-state index contributed by atoms with van der Waals surface area (Å²) in [4.78, 5) is 15.9. The number of unbranched alkanes of at least 4 members (excludes halogenated alkanes) is 2. The van der Waals surface area contributed by atoms with Crippen LogP contribution < -0.4 is 5.32 Å². The lowest BCUT2D eigenvalue weighted by molar-refractivity contribution is 0.0522. The normalized spacial score (nSPS) is 13.0. The van der Waals surface area contributed by atoms with E-state index in [1.165, 1.54) is 19.3 Å². The maximum absolute atomic E-state index is 11.7. The minimum absolute atomic E-state index is 0.395. The number of aromatic nitrogens is 2. The van der Waals surface area contributed by atoms with Crippen molar-refractivity contribution in [1.82, 2.24) is 14.9 Å². The Labute approximate surface area is 128 Å². The Kier molecular flexibility index (Phi) is 6.72. The quantitative estimate of drug-likeness (QED) is 0.772. The molecule has 0 bridgehead atoms. The molecule has 1 rings (SSSR count). The number of alkyl carbamates (subject to hydrolysis) is 1. The zero-order chi connectivity index (χ0) is 15.9. The first-order valence-electron chi connectivity index (χ1n) is 7.81. The van der Waals surface area contributed by atoms with E-state index >= 15 is 0 Å². The van der Waals surface area contributed by atoms with Crippen molar-refractivity contribution in [3.8, 4) is 0 Å². The molecule has 5 heteroatoms. The second-order valence-corrected chi connectivity index (χ2v) is 6.49. The van der Waals surface area contributed by atoms with Gasteiger partial charge >= 0.3 is 6.09 Å². The highest BCUT2D eigenvalue weighted by Gasteiger charge is 2.16. The van der Waals surface area contributed by atoms with Crippen LogP contribution in [-0.4, -0.2) is 21.2 Å². The molecule has 1 N–H and O–H groups in total. The number of carbonyl (C=O) groups is 1. The van der Waals surface area contributed by atoms with Gasteiger partial charge in [-0.15, -0.1) is 0 Å². The van der Waals surface area contributed by atoms with Gasteiger partial charge in [-0.3, -0.25) is 0 Å². The molecule has 1 unspecified atom stereocenters. The van der Waals surface area contributed by atoms with Gasteiger partial charge in [0.05, 0.1) is 18.6 Å². The zero-order valence-corrected chi connectivity index (χ0v) is 14.0. The van der Waals surface area contributed by atoms with Gasteiger partial charge in [0.25, 0.3) is 0 Å². The van der Waals surface area contributed by atoms with Crippen molar-refractivity contribution in [2.24, 2.45) is 0 Å². The predicted octanol–water partition coefficient (Wildman–Crippen LogP) is 4.05. The minimum Gasteiger partial charge on any atom is -0.444 e. The van der Waals surface area contributed by atoms with Crippen molar-refractivity contribution in [2.45, 2.75) is 78.5 Å². The number of ether oxygens (including phenoxy) is 1. The van der Waals surface area contributed by atoms with Crippen LogP contribution in [0.2, 0.25) is 0 Å². The number of nitrogens with one attached hydrogen (secondary N) is 1. The van der Waals surface area contributed by atoms with Gasteiger partial charge in [0, 0.05) is 12.2 Å². The third kappa shape index (κ3) is 6.65. The van der Waals surface area contributed by atoms with Crippen LogP contribution in [-0.2, 0) is 11.3 Å². The molecule has 0 aliphatic carbocycles. The van der Waals surface area contributed by atoms with Gasteiger partial charge in [0.1, 0.15) is 5.60 Å². The van der Waals surface area contributed by atoms with E-state index in [0.29, 0.717) is 12.6 Å². The molecular weight excluding hydrogens is 266 g/mol. The van der Waals surface area contributed by atoms with Crippen molar-refractivity contribution in [1.29, 1.82) is 0 Å². The molecule has 5 nitrogen and oxygen atoms in total. The first-order valence-corrected chi connectivity index (χ1v) is 7.81. The number of amides is 1. The van der Waals surface area contributed by atoms with Gasteiger partial charge in [0.15, 0.2) is 0 Å². The summed E-state index contributed by atoms with van der Waals surface area (Å²) >= 11 is 0. The summed E-state index contributed by atoms with van der Waals surface area (Å²) in [6.45, 7) is 10.4. The van der Waals surface area contributed by atoms with E-state index in [1.54, 1.807) is 6.20 Å². The monoisotopic (exact) mass is 295 g/mol. The van der Waals surface area contributed by atoms with Gasteiger partial charge in [-0.05, 0) is 34.1 Å². The first-order chi connectivity index (χ1) is 9.83. The fraction of sp³-hybridized carbons (Fsp3) is 0.750. The van der Waals surface area contributed by atoms with E-state index < -0.39 is 11.7 Å². The molecule has 120 valence electrons. The fourth-order valence-corrected chi connectivity index (χ4v) is 2.17. The lowest BCUT2D eigenvalue weighted by Gasteiger charge is -2.20. The maximum atomic E-state index is 11.7. The summed E-state index contributed by atoms with van der Waals surface area (Å²) in [5.41, 5.74) is 0.530. The molecule has 0 aliphatic rings. The van der Waals surface area contributed by atoms with Crippen molar-refractivity contribution in [3.05, 3.63) is 18.2 Å². The SMILES string of the molecule is CCCCCC(C)n1cncc1CNC(=O)OC(C)(C)C. The molecule has 0 aromatic carbocycles. The number of hydrogen-bond acceptors (Lipinski definition) is 3. The highest BCUT2D eigenvalue weighted by atomic mass is 16.6. The van der Waals surface area contributed by atoms with Crippen molar-refractivity contribution < 1.29 is 9.53 Å². The second kappa shape index (κ2) is 8.05. The Balaban J connectivity index is 2.49. The van der Waals surface area contributed by atoms with Crippen LogP contribution >= 0.6 is 0 Å². The summed E-state index contributed by atoms with van der Waals surface area (Å²) in [5.74, 6) is 0. The number of carbonyl (C=O) groups excluding carboxylic acids is 1. The Hall–Kier alpha value is -1.52. The summed E-state index contributed by atoms with van der Waals surface area (Å²) in [6, 6.07) is 0.398. The molecule has 21 heavy (non-hydrogen) atoms. The lowest BCUT2D eigenvalue weighted by atomic mass is 10.1. The highest BCUT2D eigenvalue weighted by Crippen LogP contribution is 2.17. The number of nitrogens with zero attached hydrogens (tertiary/aromatic N) is 2. The second-order valence-electron chi connectivity index (χ2n) is 6.49. The zero-order valence-electron chi connectivity index (χ0n) is 14.0. The van der Waals surface area contributed by atoms with Crippen LogP contribution in [0, 0.1) is 0 Å². The standard InChI is InChI=1S/C16H29N3O2/c1-6-7-8-9-13(2)19-12-17-10-14(19)11-18-15(20)21-16(3,4)5/h10,12-13H,6-9,11H2,1-5H3,(H,18,20). The molecule has 0 fully saturated rings. The van der Waals surface area contributed by atoms with Crippen molar-refractivity contribution in [3.63, 3.8) is 0 Å². The third-order valence-electron chi connectivity index (χ3n) is 3.26. The molecule has 1 heterocycles. The first kappa shape index (κ1) is 17.5. The molecular formula is C16H29N3O2. The van der Waals surface area contributed by atoms with Crippen LogP contribution in [0.5, 0.6) is 0 Å². The number of rotatable bonds is 7. The molecule has 0 aliphatic heterocycles. The Morgan fingerprint density at radius 2 is 2.14 bits per heavy atom. The van der Waals surface area contributed by atoms with Crippen LogP contribution in [0.3, 0.4) is 0 Å². The van der Waals surface area contributed by atoms with Crippen molar-refractivity contribution >= 4 is 6.09 Å². The third-order valence-corrected chi connectivity index (χ3v) is 3.26. The Bertz CT molecular complexity index is 435. The lowest BCUT2D eigenvalue weighted by Crippen LogP contribution is -2.32. The summed E-state index contributed by atoms with van der Waals surface area (Å²) < 4.78 is 7.37. The van der Waals surface area contributed by atoms with E-state index in [-0.39, 0.29) is 0 Å². The van der Waals surface area contributed by atoms with Gasteiger partial charge in [-0.25, -0.2) is 9.78 Å². The molecule has 1 aromatic heterocycles. The Morgan fingerprint density at radius 3 is 2.76 bits per heavy atom. The number of hydrogen-bond donors (Lipinski definition) is 1. The fourth-order valence-electron chi connectivity index (χ4n) is 2.17. The average Bonchev–Trinajstić information content (AvgIpc) is 2.83. The van der Waals surface area contributed by atoms with Crippen LogP contribution in [0.25, 0.3) is 0 Å². The smallest absolute Gasteiger partial charge is 0.407 e. The van der Waals surface area contributed by atoms with Gasteiger partial charge in [0.2, 0.25) is 0 Å². The van der Waals surface area contributed by atoms with Crippen molar-refractivity contribution in [2.75, 3.05) is 0 Å². The van der Waals surface area contributed by atoms with Crippen LogP contribution in [0.4, 0.5) is 4.79 Å². The molecule has 0 saturated carbocycles. The van der Waals surface area contributed by atoms with Gasteiger partial charge < -0.3 is 14.6 Å². The maximum Gasteiger partial charge on any atom is 0.407 e. The van der Waals surface area contributed by atoms with Crippen LogP contribution in [0.1, 0.15) is 72.0 Å². The highest BCUT2D eigenvalue weighted by molar-refractivity contribution is 5.67. The largest absolute Gasteiger partial charge is 0.444 e. The molecule has 1 aromatic rings. The summed E-state index contributed by atoms with van der Waals surface area (Å²) in [6.07, 6.45) is 8.07. The molecule has 0 spiro atoms. The van der Waals surface area contributed by atoms with E-state index in [2.05, 4.69) is 28.7 Å². The topological polar surface area (TPSA) is 56.2 Å². The molecule has 0 saturated heterocycles. The predicted molar refractivity (Wildman–Crippen MR) is 84.2 cm³/mol. The van der Waals surface area contributed by atoms with Gasteiger partial charge in [-0.1, -0.05) is 26.2 Å². The van der Waals surface area contributed by atoms with E-state index in [4.69, 9.17) is 4.74 Å². The average molecular weight is 295 g/mol. The molecule has 1 amide bonds. The van der Waals surface area contributed by atoms with E-state index in [0.717, 1.165) is 12.1 Å². The van der Waals surface area contributed by atoms with Crippen LogP contribution in [0.15, 0.2) is 12.5 Å².